The molecule has 4 aromatic rings. The Labute approximate surface area is 207 Å². The second-order valence-corrected chi connectivity index (χ2v) is 9.82. The van der Waals surface area contributed by atoms with Gasteiger partial charge in [0, 0.05) is 45.0 Å². The van der Waals surface area contributed by atoms with Gasteiger partial charge in [-0.1, -0.05) is 17.4 Å². The van der Waals surface area contributed by atoms with Gasteiger partial charge in [0.05, 0.1) is 5.69 Å². The standard InChI is InChI=1S/C25H27F2N7S/c1-28-22-8-6-20-24(31-22)35-25(30-20)34(21-7-5-17(26)12-19(21)27)23-9-4-16(13-29-23)14-33-11-10-18(15-33)32(2)3/h4-9,12-13,18H,10-11,14-15H2,1-3H3,(H,28,31). The van der Waals surface area contributed by atoms with E-state index >= 15 is 0 Å². The highest BCUT2D eigenvalue weighted by molar-refractivity contribution is 7.22. The third-order valence-electron chi connectivity index (χ3n) is 6.26. The van der Waals surface area contributed by atoms with Gasteiger partial charge in [-0.05, 0) is 56.4 Å². The monoisotopic (exact) mass is 495 g/mol. The van der Waals surface area contributed by atoms with Crippen LogP contribution >= 0.6 is 11.3 Å². The maximum Gasteiger partial charge on any atom is 0.198 e. The molecule has 0 bridgehead atoms. The van der Waals surface area contributed by atoms with E-state index in [-0.39, 0.29) is 5.69 Å². The van der Waals surface area contributed by atoms with Crippen molar-refractivity contribution in [3.8, 4) is 0 Å². The van der Waals surface area contributed by atoms with Gasteiger partial charge in [-0.25, -0.2) is 23.7 Å². The average Bonchev–Trinajstić information content (AvgIpc) is 3.48. The number of hydrogen-bond acceptors (Lipinski definition) is 8. The molecule has 4 heterocycles. The van der Waals surface area contributed by atoms with Crippen LogP contribution in [0.1, 0.15) is 12.0 Å². The Bertz CT molecular complexity index is 1330. The predicted octanol–water partition coefficient (Wildman–Crippen LogP) is 5.01. The van der Waals surface area contributed by atoms with Gasteiger partial charge < -0.3 is 10.2 Å². The molecule has 1 fully saturated rings. The fraction of sp³-hybridized carbons (Fsp3) is 0.320. The lowest BCUT2D eigenvalue weighted by Gasteiger charge is -2.22. The van der Waals surface area contributed by atoms with Gasteiger partial charge in [-0.2, -0.15) is 0 Å². The summed E-state index contributed by atoms with van der Waals surface area (Å²) < 4.78 is 28.6. The molecule has 0 aliphatic carbocycles. The maximum atomic E-state index is 14.9. The molecule has 0 spiro atoms. The summed E-state index contributed by atoms with van der Waals surface area (Å²) in [5.41, 5.74) is 1.95. The van der Waals surface area contributed by atoms with Crippen LogP contribution in [0.3, 0.4) is 0 Å². The molecule has 10 heteroatoms. The van der Waals surface area contributed by atoms with Crippen LogP contribution in [0.5, 0.6) is 0 Å². The summed E-state index contributed by atoms with van der Waals surface area (Å²) in [5, 5.41) is 3.51. The summed E-state index contributed by atoms with van der Waals surface area (Å²) in [4.78, 5) is 20.9. The molecule has 182 valence electrons. The first-order valence-electron chi connectivity index (χ1n) is 11.5. The Balaban J connectivity index is 1.48. The number of likely N-dealkylation sites (N-methyl/N-ethyl adjacent to an activating group) is 1. The molecule has 5 rings (SSSR count). The second kappa shape index (κ2) is 9.80. The van der Waals surface area contributed by atoms with Crippen LogP contribution in [0, 0.1) is 11.6 Å². The van der Waals surface area contributed by atoms with Crippen LogP contribution in [0.4, 0.5) is 31.2 Å². The van der Waals surface area contributed by atoms with E-state index in [0.29, 0.717) is 33.2 Å². The molecule has 0 amide bonds. The van der Waals surface area contributed by atoms with E-state index in [1.165, 1.54) is 23.5 Å². The zero-order valence-electron chi connectivity index (χ0n) is 19.9. The minimum atomic E-state index is -0.689. The Kier molecular flexibility index (Phi) is 6.59. The van der Waals surface area contributed by atoms with E-state index in [0.717, 1.165) is 37.7 Å². The average molecular weight is 496 g/mol. The Morgan fingerprint density at radius 3 is 2.66 bits per heavy atom. The number of thiazole rings is 1. The lowest BCUT2D eigenvalue weighted by molar-refractivity contribution is 0.264. The third-order valence-corrected chi connectivity index (χ3v) is 7.21. The first kappa shape index (κ1) is 23.5. The summed E-state index contributed by atoms with van der Waals surface area (Å²) in [7, 11) is 6.03. The SMILES string of the molecule is CNc1ccc2nc(N(c3ccc(CN4CCC(N(C)C)C4)cn3)c3ccc(F)cc3F)sc2n1. The van der Waals surface area contributed by atoms with Crippen molar-refractivity contribution < 1.29 is 8.78 Å². The topological polar surface area (TPSA) is 60.4 Å². The fourth-order valence-electron chi connectivity index (χ4n) is 4.31. The number of pyridine rings is 2. The largest absolute Gasteiger partial charge is 0.373 e. The second-order valence-electron chi connectivity index (χ2n) is 8.86. The van der Waals surface area contributed by atoms with Crippen molar-refractivity contribution in [3.63, 3.8) is 0 Å². The molecule has 1 N–H and O–H groups in total. The summed E-state index contributed by atoms with van der Waals surface area (Å²) in [6.07, 6.45) is 2.97. The molecule has 7 nitrogen and oxygen atoms in total. The number of anilines is 4. The number of fused-ring (bicyclic) bond motifs is 1. The number of benzene rings is 1. The van der Waals surface area contributed by atoms with Crippen LogP contribution in [0.15, 0.2) is 48.7 Å². The number of likely N-dealkylation sites (tertiary alicyclic amines) is 1. The number of nitrogens with one attached hydrogen (secondary N) is 1. The minimum Gasteiger partial charge on any atom is -0.373 e. The normalized spacial score (nSPS) is 16.3. The lowest BCUT2D eigenvalue weighted by atomic mass is 10.2. The van der Waals surface area contributed by atoms with Gasteiger partial charge in [0.25, 0.3) is 0 Å². The van der Waals surface area contributed by atoms with E-state index in [2.05, 4.69) is 44.2 Å². The molecule has 3 aromatic heterocycles. The number of nitrogens with zero attached hydrogens (tertiary/aromatic N) is 6. The number of aromatic nitrogens is 3. The molecule has 35 heavy (non-hydrogen) atoms. The van der Waals surface area contributed by atoms with Crippen LogP contribution < -0.4 is 10.2 Å². The van der Waals surface area contributed by atoms with Crippen LogP contribution in [0.25, 0.3) is 10.3 Å². The highest BCUT2D eigenvalue weighted by Crippen LogP contribution is 2.39. The smallest absolute Gasteiger partial charge is 0.198 e. The minimum absolute atomic E-state index is 0.174. The zero-order valence-corrected chi connectivity index (χ0v) is 20.7. The number of halogens is 2. The number of hydrogen-bond donors (Lipinski definition) is 1. The molecule has 1 atom stereocenters. The molecule has 1 unspecified atom stereocenters. The van der Waals surface area contributed by atoms with Crippen molar-refractivity contribution in [2.24, 2.45) is 0 Å². The Hall–Kier alpha value is -3.21. The van der Waals surface area contributed by atoms with Crippen molar-refractivity contribution in [2.75, 3.05) is 44.4 Å². The number of rotatable bonds is 7. The molecule has 0 radical (unpaired) electrons. The predicted molar refractivity (Wildman–Crippen MR) is 137 cm³/mol. The summed E-state index contributed by atoms with van der Waals surface area (Å²) in [5.74, 6) is -0.112. The Morgan fingerprint density at radius 2 is 1.97 bits per heavy atom. The van der Waals surface area contributed by atoms with Gasteiger partial charge >= 0.3 is 0 Å². The fourth-order valence-corrected chi connectivity index (χ4v) is 5.27. The van der Waals surface area contributed by atoms with Crippen molar-refractivity contribution >= 4 is 44.1 Å². The van der Waals surface area contributed by atoms with E-state index in [1.54, 1.807) is 11.9 Å². The van der Waals surface area contributed by atoms with Gasteiger partial charge in [-0.3, -0.25) is 9.80 Å². The zero-order chi connectivity index (χ0) is 24.5. The van der Waals surface area contributed by atoms with E-state index in [9.17, 15) is 8.78 Å². The third kappa shape index (κ3) is 4.95. The first-order chi connectivity index (χ1) is 16.9. The molecule has 1 aliphatic rings. The molecule has 1 aliphatic heterocycles. The lowest BCUT2D eigenvalue weighted by Crippen LogP contribution is -2.31. The first-order valence-corrected chi connectivity index (χ1v) is 12.3. The molecule has 1 aromatic carbocycles. The summed E-state index contributed by atoms with van der Waals surface area (Å²) in [6.45, 7) is 2.88. The van der Waals surface area contributed by atoms with Gasteiger partial charge in [-0.15, -0.1) is 0 Å². The van der Waals surface area contributed by atoms with Crippen LogP contribution in [0.2, 0.25) is 0 Å². The summed E-state index contributed by atoms with van der Waals surface area (Å²) in [6, 6.07) is 11.6. The molecule has 0 saturated carbocycles. The van der Waals surface area contributed by atoms with Crippen LogP contribution in [-0.2, 0) is 6.54 Å². The van der Waals surface area contributed by atoms with Gasteiger partial charge in [0.15, 0.2) is 5.13 Å². The van der Waals surface area contributed by atoms with E-state index < -0.39 is 11.6 Å². The quantitative estimate of drug-likeness (QED) is 0.387. The van der Waals surface area contributed by atoms with Crippen molar-refractivity contribution in [1.82, 2.24) is 24.8 Å². The van der Waals surface area contributed by atoms with Crippen molar-refractivity contribution in [1.29, 1.82) is 0 Å². The highest BCUT2D eigenvalue weighted by Gasteiger charge is 2.25. The molecular formula is C25H27F2N7S. The van der Waals surface area contributed by atoms with Gasteiger partial charge in [0.1, 0.15) is 33.6 Å². The van der Waals surface area contributed by atoms with Crippen LogP contribution in [-0.4, -0.2) is 65.0 Å². The van der Waals surface area contributed by atoms with E-state index in [1.807, 2.05) is 30.5 Å². The maximum absolute atomic E-state index is 14.9. The van der Waals surface area contributed by atoms with Crippen molar-refractivity contribution in [2.45, 2.75) is 19.0 Å². The highest BCUT2D eigenvalue weighted by atomic mass is 32.1. The summed E-state index contributed by atoms with van der Waals surface area (Å²) >= 11 is 1.32. The Morgan fingerprint density at radius 1 is 1.11 bits per heavy atom. The van der Waals surface area contributed by atoms with Crippen molar-refractivity contribution in [3.05, 3.63) is 65.9 Å². The molecule has 1 saturated heterocycles. The van der Waals surface area contributed by atoms with Gasteiger partial charge in [0.2, 0.25) is 0 Å². The molecular weight excluding hydrogens is 468 g/mol. The van der Waals surface area contributed by atoms with E-state index in [4.69, 9.17) is 0 Å².